The third kappa shape index (κ3) is 3.31. The van der Waals surface area contributed by atoms with Gasteiger partial charge in [0.15, 0.2) is 11.5 Å². The summed E-state index contributed by atoms with van der Waals surface area (Å²) in [5.41, 5.74) is 3.57. The largest absolute Gasteiger partial charge is 0.367 e. The molecule has 0 amide bonds. The number of nitrogens with one attached hydrogen (secondary N) is 1. The Labute approximate surface area is 168 Å². The SMILES string of the molecule is C[C@H]1CN(c2cnc3nc(-c4cc(F)c5nn(C)cc5c4)ccc3c2)C[C@H](C)N1. The first-order valence-corrected chi connectivity index (χ1v) is 9.87. The predicted octanol–water partition coefficient (Wildman–Crippen LogP) is 3.51. The van der Waals surface area contributed by atoms with Gasteiger partial charge in [-0.15, -0.1) is 0 Å². The molecule has 6 nitrogen and oxygen atoms in total. The molecule has 1 aromatic carbocycles. The summed E-state index contributed by atoms with van der Waals surface area (Å²) in [7, 11) is 1.79. The molecule has 5 rings (SSSR count). The van der Waals surface area contributed by atoms with Crippen molar-refractivity contribution in [3.63, 3.8) is 0 Å². The van der Waals surface area contributed by atoms with Gasteiger partial charge in [-0.25, -0.2) is 14.4 Å². The minimum atomic E-state index is -0.342. The summed E-state index contributed by atoms with van der Waals surface area (Å²) in [5.74, 6) is -0.342. The maximum atomic E-state index is 14.5. The van der Waals surface area contributed by atoms with Crippen molar-refractivity contribution < 1.29 is 4.39 Å². The normalized spacial score (nSPS) is 19.9. The van der Waals surface area contributed by atoms with Gasteiger partial charge in [0, 0.05) is 54.8 Å². The van der Waals surface area contributed by atoms with Crippen molar-refractivity contribution in [1.29, 1.82) is 0 Å². The molecule has 1 aliphatic heterocycles. The van der Waals surface area contributed by atoms with Gasteiger partial charge in [-0.2, -0.15) is 5.10 Å². The van der Waals surface area contributed by atoms with Crippen molar-refractivity contribution in [2.75, 3.05) is 18.0 Å². The Bertz CT molecular complexity index is 1210. The van der Waals surface area contributed by atoms with E-state index in [1.807, 2.05) is 30.6 Å². The third-order valence-corrected chi connectivity index (χ3v) is 5.42. The fraction of sp³-hybridized carbons (Fsp3) is 0.318. The Morgan fingerprint density at radius 1 is 1.07 bits per heavy atom. The highest BCUT2D eigenvalue weighted by molar-refractivity contribution is 5.86. The van der Waals surface area contributed by atoms with Crippen LogP contribution in [0.15, 0.2) is 42.7 Å². The third-order valence-electron chi connectivity index (χ3n) is 5.42. The monoisotopic (exact) mass is 390 g/mol. The van der Waals surface area contributed by atoms with Gasteiger partial charge in [0.2, 0.25) is 0 Å². The molecule has 0 saturated carbocycles. The number of fused-ring (bicyclic) bond motifs is 2. The highest BCUT2D eigenvalue weighted by Crippen LogP contribution is 2.28. The molecule has 148 valence electrons. The van der Waals surface area contributed by atoms with E-state index < -0.39 is 0 Å². The van der Waals surface area contributed by atoms with E-state index in [2.05, 4.69) is 45.2 Å². The quantitative estimate of drug-likeness (QED) is 0.568. The number of aryl methyl sites for hydroxylation is 1. The molecule has 1 N–H and O–H groups in total. The first-order chi connectivity index (χ1) is 14.0. The number of piperazine rings is 1. The second-order valence-electron chi connectivity index (χ2n) is 8.01. The molecule has 4 aromatic rings. The Hall–Kier alpha value is -3.06. The van der Waals surface area contributed by atoms with E-state index >= 15 is 0 Å². The first-order valence-electron chi connectivity index (χ1n) is 9.87. The molecular weight excluding hydrogens is 367 g/mol. The minimum absolute atomic E-state index is 0.342. The molecule has 3 aromatic heterocycles. The molecule has 29 heavy (non-hydrogen) atoms. The van der Waals surface area contributed by atoms with Crippen LogP contribution < -0.4 is 10.2 Å². The van der Waals surface area contributed by atoms with Crippen LogP contribution in [0.25, 0.3) is 33.2 Å². The average molecular weight is 390 g/mol. The predicted molar refractivity (Wildman–Crippen MR) is 113 cm³/mol. The van der Waals surface area contributed by atoms with Crippen molar-refractivity contribution in [1.82, 2.24) is 25.1 Å². The fourth-order valence-electron chi connectivity index (χ4n) is 4.23. The van der Waals surface area contributed by atoms with E-state index in [1.165, 1.54) is 6.07 Å². The van der Waals surface area contributed by atoms with E-state index in [1.54, 1.807) is 11.7 Å². The lowest BCUT2D eigenvalue weighted by atomic mass is 10.1. The molecule has 2 atom stereocenters. The highest BCUT2D eigenvalue weighted by atomic mass is 19.1. The minimum Gasteiger partial charge on any atom is -0.367 e. The van der Waals surface area contributed by atoms with Gasteiger partial charge in [0.05, 0.1) is 17.6 Å². The van der Waals surface area contributed by atoms with Crippen molar-refractivity contribution in [2.24, 2.45) is 7.05 Å². The van der Waals surface area contributed by atoms with Gasteiger partial charge in [-0.3, -0.25) is 4.68 Å². The molecule has 0 radical (unpaired) electrons. The fourth-order valence-corrected chi connectivity index (χ4v) is 4.23. The Morgan fingerprint density at radius 3 is 2.66 bits per heavy atom. The highest BCUT2D eigenvalue weighted by Gasteiger charge is 2.21. The van der Waals surface area contributed by atoms with Crippen molar-refractivity contribution >= 4 is 27.6 Å². The Morgan fingerprint density at radius 2 is 1.86 bits per heavy atom. The topological polar surface area (TPSA) is 58.9 Å². The van der Waals surface area contributed by atoms with E-state index in [9.17, 15) is 4.39 Å². The van der Waals surface area contributed by atoms with Crippen LogP contribution in [0.2, 0.25) is 0 Å². The number of aromatic nitrogens is 4. The number of anilines is 1. The van der Waals surface area contributed by atoms with Gasteiger partial charge in [-0.1, -0.05) is 0 Å². The Balaban J connectivity index is 1.51. The molecule has 1 aliphatic rings. The van der Waals surface area contributed by atoms with Crippen molar-refractivity contribution in [3.8, 4) is 11.3 Å². The van der Waals surface area contributed by atoms with Crippen LogP contribution in [0.5, 0.6) is 0 Å². The van der Waals surface area contributed by atoms with Crippen LogP contribution >= 0.6 is 0 Å². The van der Waals surface area contributed by atoms with Crippen LogP contribution in [-0.4, -0.2) is 44.9 Å². The van der Waals surface area contributed by atoms with Gasteiger partial charge in [0.1, 0.15) is 5.52 Å². The summed E-state index contributed by atoms with van der Waals surface area (Å²) in [6.07, 6.45) is 3.69. The molecule has 0 aliphatic carbocycles. The van der Waals surface area contributed by atoms with Crippen LogP contribution in [-0.2, 0) is 7.05 Å². The summed E-state index contributed by atoms with van der Waals surface area (Å²) in [4.78, 5) is 11.6. The molecule has 1 fully saturated rings. The van der Waals surface area contributed by atoms with Gasteiger partial charge in [0.25, 0.3) is 0 Å². The number of benzene rings is 1. The van der Waals surface area contributed by atoms with E-state index in [-0.39, 0.29) is 5.82 Å². The van der Waals surface area contributed by atoms with E-state index in [0.29, 0.717) is 28.9 Å². The maximum absolute atomic E-state index is 14.5. The maximum Gasteiger partial charge on any atom is 0.159 e. The summed E-state index contributed by atoms with van der Waals surface area (Å²) >= 11 is 0. The number of pyridine rings is 2. The average Bonchev–Trinajstić information content (AvgIpc) is 3.07. The standard InChI is InChI=1S/C22H23FN6/c1-13-10-29(11-14(2)25-13)18-7-15-4-5-20(26-22(15)24-9-18)16-6-17-12-28(3)27-21(17)19(23)8-16/h4-9,12-14,25H,10-11H2,1-3H3/t13-,14-/m0/s1. The zero-order chi connectivity index (χ0) is 20.1. The number of rotatable bonds is 2. The van der Waals surface area contributed by atoms with Crippen LogP contribution in [0.1, 0.15) is 13.8 Å². The lowest BCUT2D eigenvalue weighted by Crippen LogP contribution is -2.54. The lowest BCUT2D eigenvalue weighted by molar-refractivity contribution is 0.407. The molecule has 0 spiro atoms. The van der Waals surface area contributed by atoms with Crippen LogP contribution in [0.3, 0.4) is 0 Å². The van der Waals surface area contributed by atoms with Gasteiger partial charge >= 0.3 is 0 Å². The van der Waals surface area contributed by atoms with Gasteiger partial charge < -0.3 is 10.2 Å². The summed E-state index contributed by atoms with van der Waals surface area (Å²) in [6, 6.07) is 10.3. The number of hydrogen-bond donors (Lipinski definition) is 1. The van der Waals surface area contributed by atoms with Crippen molar-refractivity contribution in [2.45, 2.75) is 25.9 Å². The molecule has 0 bridgehead atoms. The second kappa shape index (κ2) is 6.77. The number of nitrogens with zero attached hydrogens (tertiary/aromatic N) is 5. The van der Waals surface area contributed by atoms with Crippen LogP contribution in [0, 0.1) is 5.82 Å². The lowest BCUT2D eigenvalue weighted by Gasteiger charge is -2.37. The summed E-state index contributed by atoms with van der Waals surface area (Å²) in [5, 5.41) is 9.45. The zero-order valence-corrected chi connectivity index (χ0v) is 16.7. The van der Waals surface area contributed by atoms with Gasteiger partial charge in [-0.05, 0) is 44.2 Å². The Kier molecular flexibility index (Phi) is 4.20. The molecule has 7 heteroatoms. The molecule has 1 saturated heterocycles. The second-order valence-corrected chi connectivity index (χ2v) is 8.01. The van der Waals surface area contributed by atoms with E-state index in [0.717, 1.165) is 35.1 Å². The van der Waals surface area contributed by atoms with Crippen molar-refractivity contribution in [3.05, 3.63) is 48.5 Å². The summed E-state index contributed by atoms with van der Waals surface area (Å²) < 4.78 is 16.1. The smallest absolute Gasteiger partial charge is 0.159 e. The zero-order valence-electron chi connectivity index (χ0n) is 16.7. The summed E-state index contributed by atoms with van der Waals surface area (Å²) in [6.45, 7) is 6.30. The molecular formula is C22H23FN6. The van der Waals surface area contributed by atoms with E-state index in [4.69, 9.17) is 0 Å². The molecule has 0 unspecified atom stereocenters. The number of hydrogen-bond acceptors (Lipinski definition) is 5. The molecule has 4 heterocycles. The number of halogens is 1. The first kappa shape index (κ1) is 18.0. The van der Waals surface area contributed by atoms with Crippen LogP contribution in [0.4, 0.5) is 10.1 Å².